The van der Waals surface area contributed by atoms with Gasteiger partial charge in [0, 0.05) is 30.2 Å². The van der Waals surface area contributed by atoms with Crippen molar-refractivity contribution in [3.8, 4) is 0 Å². The number of nitrogens with two attached hydrogens (primary N) is 1. The number of piperidine rings is 1. The number of likely N-dealkylation sites (tertiary alicyclic amines) is 1. The minimum atomic E-state index is 0.377. The Morgan fingerprint density at radius 2 is 2.62 bits per heavy atom. The zero-order valence-electron chi connectivity index (χ0n) is 7.65. The molecular weight excluding hydrogens is 182 g/mol. The zero-order chi connectivity index (χ0) is 9.10. The van der Waals surface area contributed by atoms with Crippen molar-refractivity contribution < 1.29 is 0 Å². The average molecular weight is 197 g/mol. The topological polar surface area (TPSA) is 42.1 Å². The van der Waals surface area contributed by atoms with Crippen LogP contribution < -0.4 is 5.73 Å². The van der Waals surface area contributed by atoms with E-state index in [0.717, 1.165) is 13.1 Å². The van der Waals surface area contributed by atoms with E-state index in [1.165, 1.54) is 24.3 Å². The van der Waals surface area contributed by atoms with Crippen molar-refractivity contribution in [2.75, 3.05) is 13.1 Å². The number of hydrogen-bond donors (Lipinski definition) is 1. The minimum absolute atomic E-state index is 0.377. The Hall–Kier alpha value is -0.450. The Labute approximate surface area is 82.6 Å². The Bertz CT molecular complexity index is 247. The van der Waals surface area contributed by atoms with Gasteiger partial charge < -0.3 is 5.73 Å². The molecule has 4 heteroatoms. The van der Waals surface area contributed by atoms with Gasteiger partial charge >= 0.3 is 0 Å². The lowest BCUT2D eigenvalue weighted by atomic mass is 10.1. The number of aromatic nitrogens is 1. The quantitative estimate of drug-likeness (QED) is 0.771. The number of rotatable bonds is 2. The van der Waals surface area contributed by atoms with Crippen molar-refractivity contribution in [1.29, 1.82) is 0 Å². The van der Waals surface area contributed by atoms with Gasteiger partial charge in [-0.25, -0.2) is 0 Å². The molecule has 0 amide bonds. The Morgan fingerprint density at radius 3 is 3.31 bits per heavy atom. The molecule has 0 unspecified atom stereocenters. The monoisotopic (exact) mass is 197 g/mol. The average Bonchev–Trinajstić information content (AvgIpc) is 2.57. The molecule has 0 spiro atoms. The normalized spacial score (nSPS) is 24.8. The SMILES string of the molecule is N[C@H]1CCCN(Cc2cncs2)C1. The highest BCUT2D eigenvalue weighted by Gasteiger charge is 2.16. The molecule has 1 aliphatic rings. The first-order chi connectivity index (χ1) is 6.34. The van der Waals surface area contributed by atoms with Crippen molar-refractivity contribution in [1.82, 2.24) is 9.88 Å². The second-order valence-corrected chi connectivity index (χ2v) is 4.58. The van der Waals surface area contributed by atoms with Crippen LogP contribution in [-0.2, 0) is 6.54 Å². The van der Waals surface area contributed by atoms with Gasteiger partial charge in [0.2, 0.25) is 0 Å². The molecule has 1 aromatic rings. The van der Waals surface area contributed by atoms with Gasteiger partial charge in [0.1, 0.15) is 0 Å². The van der Waals surface area contributed by atoms with Crippen LogP contribution >= 0.6 is 11.3 Å². The summed E-state index contributed by atoms with van der Waals surface area (Å²) in [5.74, 6) is 0. The van der Waals surface area contributed by atoms with E-state index in [0.29, 0.717) is 6.04 Å². The number of nitrogens with zero attached hydrogens (tertiary/aromatic N) is 2. The molecule has 1 fully saturated rings. The van der Waals surface area contributed by atoms with Crippen molar-refractivity contribution >= 4 is 11.3 Å². The Balaban J connectivity index is 1.87. The molecule has 1 aliphatic heterocycles. The van der Waals surface area contributed by atoms with Gasteiger partial charge in [0.05, 0.1) is 5.51 Å². The second-order valence-electron chi connectivity index (χ2n) is 3.61. The molecular formula is C9H15N3S. The van der Waals surface area contributed by atoms with Crippen molar-refractivity contribution in [3.05, 3.63) is 16.6 Å². The van der Waals surface area contributed by atoms with E-state index in [2.05, 4.69) is 9.88 Å². The molecule has 1 saturated heterocycles. The van der Waals surface area contributed by atoms with Gasteiger partial charge in [-0.2, -0.15) is 0 Å². The molecule has 2 rings (SSSR count). The predicted molar refractivity (Wildman–Crippen MR) is 54.6 cm³/mol. The van der Waals surface area contributed by atoms with Gasteiger partial charge in [-0.1, -0.05) is 0 Å². The first-order valence-corrected chi connectivity index (χ1v) is 5.58. The molecule has 1 atom stereocenters. The van der Waals surface area contributed by atoms with E-state index in [9.17, 15) is 0 Å². The van der Waals surface area contributed by atoms with Crippen LogP contribution in [0.2, 0.25) is 0 Å². The first kappa shape index (κ1) is 9.12. The summed E-state index contributed by atoms with van der Waals surface area (Å²) in [5, 5.41) is 0. The van der Waals surface area contributed by atoms with Crippen LogP contribution in [0.3, 0.4) is 0 Å². The van der Waals surface area contributed by atoms with Crippen LogP contribution in [0.25, 0.3) is 0 Å². The van der Waals surface area contributed by atoms with Gasteiger partial charge in [0.15, 0.2) is 0 Å². The highest BCUT2D eigenvalue weighted by Crippen LogP contribution is 2.14. The molecule has 2 N–H and O–H groups in total. The lowest BCUT2D eigenvalue weighted by molar-refractivity contribution is 0.203. The van der Waals surface area contributed by atoms with Gasteiger partial charge in [0.25, 0.3) is 0 Å². The molecule has 0 saturated carbocycles. The molecule has 2 heterocycles. The maximum atomic E-state index is 5.90. The Morgan fingerprint density at radius 1 is 1.69 bits per heavy atom. The maximum Gasteiger partial charge on any atom is 0.0794 e. The van der Waals surface area contributed by atoms with Crippen molar-refractivity contribution in [2.45, 2.75) is 25.4 Å². The minimum Gasteiger partial charge on any atom is -0.327 e. The van der Waals surface area contributed by atoms with E-state index in [1.54, 1.807) is 11.3 Å². The molecule has 0 aromatic carbocycles. The summed E-state index contributed by atoms with van der Waals surface area (Å²) in [6.45, 7) is 3.25. The Kier molecular flexibility index (Phi) is 2.93. The second kappa shape index (κ2) is 4.17. The van der Waals surface area contributed by atoms with E-state index >= 15 is 0 Å². The third kappa shape index (κ3) is 2.49. The van der Waals surface area contributed by atoms with Crippen LogP contribution in [0.15, 0.2) is 11.7 Å². The summed E-state index contributed by atoms with van der Waals surface area (Å²) in [6, 6.07) is 0.377. The van der Waals surface area contributed by atoms with Crippen LogP contribution in [0.4, 0.5) is 0 Å². The maximum absolute atomic E-state index is 5.90. The van der Waals surface area contributed by atoms with Gasteiger partial charge in [-0.05, 0) is 19.4 Å². The largest absolute Gasteiger partial charge is 0.327 e. The van der Waals surface area contributed by atoms with Crippen LogP contribution in [0.5, 0.6) is 0 Å². The van der Waals surface area contributed by atoms with Gasteiger partial charge in [-0.3, -0.25) is 9.88 Å². The summed E-state index contributed by atoms with van der Waals surface area (Å²) < 4.78 is 0. The number of thiazole rings is 1. The lowest BCUT2D eigenvalue weighted by Gasteiger charge is -2.29. The van der Waals surface area contributed by atoms with Crippen LogP contribution in [-0.4, -0.2) is 29.0 Å². The summed E-state index contributed by atoms with van der Waals surface area (Å²) in [4.78, 5) is 7.83. The fourth-order valence-corrected chi connectivity index (χ4v) is 2.41. The zero-order valence-corrected chi connectivity index (χ0v) is 8.46. The third-order valence-corrected chi connectivity index (χ3v) is 3.17. The summed E-state index contributed by atoms with van der Waals surface area (Å²) in [7, 11) is 0. The summed E-state index contributed by atoms with van der Waals surface area (Å²) in [6.07, 6.45) is 4.37. The first-order valence-electron chi connectivity index (χ1n) is 4.70. The van der Waals surface area contributed by atoms with Crippen molar-refractivity contribution in [2.24, 2.45) is 5.73 Å². The molecule has 1 aromatic heterocycles. The third-order valence-electron chi connectivity index (χ3n) is 2.40. The van der Waals surface area contributed by atoms with E-state index in [4.69, 9.17) is 5.73 Å². The molecule has 3 nitrogen and oxygen atoms in total. The van der Waals surface area contributed by atoms with Crippen LogP contribution in [0, 0.1) is 0 Å². The van der Waals surface area contributed by atoms with E-state index in [-0.39, 0.29) is 0 Å². The summed E-state index contributed by atoms with van der Waals surface area (Å²) >= 11 is 1.72. The smallest absolute Gasteiger partial charge is 0.0794 e. The van der Waals surface area contributed by atoms with Gasteiger partial charge in [-0.15, -0.1) is 11.3 Å². The highest BCUT2D eigenvalue weighted by molar-refractivity contribution is 7.09. The molecule has 13 heavy (non-hydrogen) atoms. The fourth-order valence-electron chi connectivity index (χ4n) is 1.78. The molecule has 0 aliphatic carbocycles. The summed E-state index contributed by atoms with van der Waals surface area (Å²) in [5.41, 5.74) is 7.79. The van der Waals surface area contributed by atoms with Crippen molar-refractivity contribution in [3.63, 3.8) is 0 Å². The highest BCUT2D eigenvalue weighted by atomic mass is 32.1. The number of hydrogen-bond acceptors (Lipinski definition) is 4. The molecule has 0 radical (unpaired) electrons. The van der Waals surface area contributed by atoms with Crippen LogP contribution in [0.1, 0.15) is 17.7 Å². The fraction of sp³-hybridized carbons (Fsp3) is 0.667. The molecule has 0 bridgehead atoms. The standard InChI is InChI=1S/C9H15N3S/c10-8-2-1-3-12(5-8)6-9-4-11-7-13-9/h4,7-8H,1-3,5-6,10H2/t8-/m0/s1. The predicted octanol–water partition coefficient (Wildman–Crippen LogP) is 1.07. The van der Waals surface area contributed by atoms with E-state index in [1.807, 2.05) is 11.7 Å². The molecule has 72 valence electrons. The van der Waals surface area contributed by atoms with E-state index < -0.39 is 0 Å². The lowest BCUT2D eigenvalue weighted by Crippen LogP contribution is -2.42.